The van der Waals surface area contributed by atoms with Gasteiger partial charge in [-0.15, -0.1) is 0 Å². The number of halogens is 3. The van der Waals surface area contributed by atoms with Crippen LogP contribution in [0.5, 0.6) is 0 Å². The maximum absolute atomic E-state index is 14.1. The number of nitrogens with zero attached hydrogens (tertiary/aromatic N) is 4. The van der Waals surface area contributed by atoms with Gasteiger partial charge in [-0.2, -0.15) is 4.98 Å². The second-order valence-corrected chi connectivity index (χ2v) is 10.3. The minimum atomic E-state index is -0.968. The molecule has 2 aromatic heterocycles. The van der Waals surface area contributed by atoms with Gasteiger partial charge < -0.3 is 30.4 Å². The number of aromatic nitrogens is 3. The Bertz CT molecular complexity index is 1700. The van der Waals surface area contributed by atoms with E-state index in [1.807, 2.05) is 19.0 Å². The van der Waals surface area contributed by atoms with Gasteiger partial charge in [0, 0.05) is 36.1 Å². The zero-order valence-electron chi connectivity index (χ0n) is 23.3. The maximum Gasteiger partial charge on any atom is 0.293 e. The summed E-state index contributed by atoms with van der Waals surface area (Å²) < 4.78 is 39.7. The number of carbonyl (C=O) groups is 1. The number of carbonyl (C=O) groups excluding carboxylic acids is 1. The fourth-order valence-electron chi connectivity index (χ4n) is 4.31. The molecule has 0 radical (unpaired) electrons. The van der Waals surface area contributed by atoms with Gasteiger partial charge in [0.1, 0.15) is 41.0 Å². The van der Waals surface area contributed by atoms with E-state index in [2.05, 4.69) is 25.6 Å². The molecular formula is C30H28ClF2N7O3. The predicted molar refractivity (Wildman–Crippen MR) is 160 cm³/mol. The van der Waals surface area contributed by atoms with Crippen molar-refractivity contribution in [1.29, 1.82) is 0 Å². The van der Waals surface area contributed by atoms with Crippen molar-refractivity contribution in [2.24, 2.45) is 0 Å². The Morgan fingerprint density at radius 1 is 1.12 bits per heavy atom. The summed E-state index contributed by atoms with van der Waals surface area (Å²) >= 11 is 6.46. The number of hydrogen-bond donors (Lipinski definition) is 3. The van der Waals surface area contributed by atoms with E-state index in [1.54, 1.807) is 42.6 Å². The zero-order valence-corrected chi connectivity index (χ0v) is 24.1. The maximum atomic E-state index is 14.1. The SMILES string of the molecule is CN(C)CCOC1=C(Cl)C=C(Nc2nccc(-c3oc(N)nc3-c3cccc(NC(=O)c4c(F)cccc4F)c3)n2)CC1. The first-order chi connectivity index (χ1) is 20.7. The van der Waals surface area contributed by atoms with Gasteiger partial charge in [-0.05, 0) is 56.9 Å². The fourth-order valence-corrected chi connectivity index (χ4v) is 4.59. The van der Waals surface area contributed by atoms with E-state index >= 15 is 0 Å². The molecule has 1 aliphatic carbocycles. The van der Waals surface area contributed by atoms with Crippen LogP contribution in [0.3, 0.4) is 0 Å². The second-order valence-electron chi connectivity index (χ2n) is 9.84. The van der Waals surface area contributed by atoms with Crippen LogP contribution in [0, 0.1) is 11.6 Å². The molecule has 222 valence electrons. The van der Waals surface area contributed by atoms with Crippen molar-refractivity contribution < 1.29 is 22.7 Å². The van der Waals surface area contributed by atoms with Crippen molar-refractivity contribution in [3.63, 3.8) is 0 Å². The smallest absolute Gasteiger partial charge is 0.293 e. The highest BCUT2D eigenvalue weighted by atomic mass is 35.5. The quantitative estimate of drug-likeness (QED) is 0.198. The molecule has 0 atom stereocenters. The fraction of sp³-hybridized carbons (Fsp3) is 0.200. The predicted octanol–water partition coefficient (Wildman–Crippen LogP) is 6.03. The molecule has 13 heteroatoms. The monoisotopic (exact) mass is 607 g/mol. The topological polar surface area (TPSA) is 131 Å². The molecule has 0 spiro atoms. The Kier molecular flexibility index (Phi) is 8.98. The van der Waals surface area contributed by atoms with E-state index in [9.17, 15) is 13.6 Å². The summed E-state index contributed by atoms with van der Waals surface area (Å²) in [5.74, 6) is -1.56. The summed E-state index contributed by atoms with van der Waals surface area (Å²) in [6, 6.07) is 11.3. The number of rotatable bonds is 10. The van der Waals surface area contributed by atoms with Crippen molar-refractivity contribution >= 4 is 35.2 Å². The van der Waals surface area contributed by atoms with Gasteiger partial charge in [0.05, 0.1) is 5.03 Å². The number of benzene rings is 2. The minimum Gasteiger partial charge on any atom is -0.495 e. The lowest BCUT2D eigenvalue weighted by molar-refractivity contribution is 0.101. The first-order valence-corrected chi connectivity index (χ1v) is 13.6. The van der Waals surface area contributed by atoms with E-state index in [1.165, 1.54) is 6.07 Å². The molecule has 5 rings (SSSR count). The molecule has 2 aromatic carbocycles. The summed E-state index contributed by atoms with van der Waals surface area (Å²) in [5, 5.41) is 6.22. The Morgan fingerprint density at radius 3 is 2.63 bits per heavy atom. The van der Waals surface area contributed by atoms with Crippen LogP contribution in [-0.2, 0) is 4.74 Å². The van der Waals surface area contributed by atoms with E-state index in [0.29, 0.717) is 47.4 Å². The van der Waals surface area contributed by atoms with E-state index in [0.717, 1.165) is 30.1 Å². The van der Waals surface area contributed by atoms with Gasteiger partial charge in [0.25, 0.3) is 11.9 Å². The highest BCUT2D eigenvalue weighted by Gasteiger charge is 2.21. The number of ether oxygens (including phenoxy) is 1. The van der Waals surface area contributed by atoms with Gasteiger partial charge in [-0.1, -0.05) is 29.8 Å². The molecule has 0 fully saturated rings. The summed E-state index contributed by atoms with van der Waals surface area (Å²) in [6.07, 6.45) is 4.63. The van der Waals surface area contributed by atoms with Crippen molar-refractivity contribution in [2.45, 2.75) is 12.8 Å². The van der Waals surface area contributed by atoms with Gasteiger partial charge in [0.2, 0.25) is 5.95 Å². The molecule has 10 nitrogen and oxygen atoms in total. The average molecular weight is 608 g/mol. The molecule has 4 aromatic rings. The highest BCUT2D eigenvalue weighted by Crippen LogP contribution is 2.34. The van der Waals surface area contributed by atoms with Crippen molar-refractivity contribution in [3.05, 3.63) is 94.5 Å². The van der Waals surface area contributed by atoms with Crippen molar-refractivity contribution in [1.82, 2.24) is 19.9 Å². The van der Waals surface area contributed by atoms with Gasteiger partial charge >= 0.3 is 0 Å². The minimum absolute atomic E-state index is 0.102. The van der Waals surface area contributed by atoms with Gasteiger partial charge in [0.15, 0.2) is 5.76 Å². The van der Waals surface area contributed by atoms with Crippen molar-refractivity contribution in [3.8, 4) is 22.7 Å². The average Bonchev–Trinajstić information content (AvgIpc) is 3.36. The summed E-state index contributed by atoms with van der Waals surface area (Å²) in [5.41, 5.74) is 7.58. The molecule has 0 saturated heterocycles. The molecule has 0 bridgehead atoms. The van der Waals surface area contributed by atoms with Crippen LogP contribution >= 0.6 is 11.6 Å². The number of hydrogen-bond acceptors (Lipinski definition) is 9. The Balaban J connectivity index is 1.35. The van der Waals surface area contributed by atoms with E-state index < -0.39 is 23.1 Å². The first kappa shape index (κ1) is 29.7. The molecule has 43 heavy (non-hydrogen) atoms. The number of nitrogens with one attached hydrogen (secondary N) is 2. The van der Waals surface area contributed by atoms with Gasteiger partial charge in [-0.25, -0.2) is 18.7 Å². The van der Waals surface area contributed by atoms with Crippen LogP contribution in [0.1, 0.15) is 23.2 Å². The largest absolute Gasteiger partial charge is 0.495 e. The molecule has 0 saturated carbocycles. The van der Waals surface area contributed by atoms with E-state index in [-0.39, 0.29) is 17.5 Å². The lowest BCUT2D eigenvalue weighted by Gasteiger charge is -2.19. The highest BCUT2D eigenvalue weighted by molar-refractivity contribution is 6.31. The van der Waals surface area contributed by atoms with Crippen LogP contribution in [0.25, 0.3) is 22.7 Å². The van der Waals surface area contributed by atoms with Crippen LogP contribution in [-0.4, -0.2) is 53.0 Å². The lowest BCUT2D eigenvalue weighted by atomic mass is 10.1. The Morgan fingerprint density at radius 2 is 1.88 bits per heavy atom. The number of oxazole rings is 1. The van der Waals surface area contributed by atoms with Crippen LogP contribution in [0.15, 0.2) is 81.7 Å². The molecule has 4 N–H and O–H groups in total. The van der Waals surface area contributed by atoms with E-state index in [4.69, 9.17) is 26.5 Å². The zero-order chi connectivity index (χ0) is 30.5. The third-order valence-corrected chi connectivity index (χ3v) is 6.71. The Labute approximate surface area is 251 Å². The summed E-state index contributed by atoms with van der Waals surface area (Å²) in [6.45, 7) is 1.33. The normalized spacial score (nSPS) is 13.2. The second kappa shape index (κ2) is 13.0. The summed E-state index contributed by atoms with van der Waals surface area (Å²) in [7, 11) is 3.95. The standard InChI is InChI=1S/C30H28ClF2N7O3/c1-40(2)13-14-42-24-10-9-19(16-20(24)31)37-30-35-12-11-23(38-30)27-26(39-29(34)43-27)17-5-3-6-18(15-17)36-28(41)25-21(32)7-4-8-22(25)33/h3-8,11-12,15-16H,9-10,13-14H2,1-2H3,(H2,34,39)(H,36,41)(H,35,37,38). The molecule has 1 aliphatic rings. The summed E-state index contributed by atoms with van der Waals surface area (Å²) in [4.78, 5) is 27.8. The van der Waals surface area contributed by atoms with Crippen LogP contribution in [0.2, 0.25) is 0 Å². The number of allylic oxidation sites excluding steroid dienone is 4. The Hall–Kier alpha value is -4.81. The van der Waals surface area contributed by atoms with Crippen molar-refractivity contribution in [2.75, 3.05) is 43.6 Å². The number of likely N-dealkylation sites (N-methyl/N-ethyl adjacent to an activating group) is 1. The molecule has 1 amide bonds. The lowest BCUT2D eigenvalue weighted by Crippen LogP contribution is -2.18. The van der Waals surface area contributed by atoms with Crippen LogP contribution in [0.4, 0.5) is 26.4 Å². The molecule has 0 unspecified atom stereocenters. The molecule has 0 aliphatic heterocycles. The molecule has 2 heterocycles. The number of nitrogens with two attached hydrogens (primary N) is 1. The third kappa shape index (κ3) is 7.16. The molecular weight excluding hydrogens is 580 g/mol. The first-order valence-electron chi connectivity index (χ1n) is 13.3. The number of amides is 1. The van der Waals surface area contributed by atoms with Gasteiger partial charge in [-0.3, -0.25) is 4.79 Å². The van der Waals surface area contributed by atoms with Crippen LogP contribution < -0.4 is 16.4 Å². The number of nitrogen functional groups attached to an aromatic ring is 1. The number of anilines is 3. The third-order valence-electron chi connectivity index (χ3n) is 6.39.